The molecule has 0 saturated heterocycles. The largest absolute Gasteiger partial charge is 0.480 e. The molecule has 2 amide bonds. The van der Waals surface area contributed by atoms with Crippen LogP contribution in [0.4, 0.5) is 18.0 Å². The molecule has 0 bridgehead atoms. The zero-order valence-corrected chi connectivity index (χ0v) is 13.4. The fourth-order valence-electron chi connectivity index (χ4n) is 1.84. The number of nitrogens with one attached hydrogen (secondary N) is 2. The van der Waals surface area contributed by atoms with Crippen molar-refractivity contribution in [2.45, 2.75) is 32.1 Å². The fourth-order valence-corrected chi connectivity index (χ4v) is 1.84. The third kappa shape index (κ3) is 4.91. The highest BCUT2D eigenvalue weighted by molar-refractivity contribution is 5.82. The average Bonchev–Trinajstić information content (AvgIpc) is 3.08. The lowest BCUT2D eigenvalue weighted by atomic mass is 10.2. The van der Waals surface area contributed by atoms with E-state index >= 15 is 0 Å². The number of hydrogen-bond donors (Lipinski definition) is 3. The van der Waals surface area contributed by atoms with Crippen LogP contribution in [0.3, 0.4) is 0 Å². The van der Waals surface area contributed by atoms with Crippen molar-refractivity contribution in [3.05, 3.63) is 29.9 Å². The lowest BCUT2D eigenvalue weighted by molar-refractivity contribution is -0.159. The summed E-state index contributed by atoms with van der Waals surface area (Å²) in [5, 5.41) is 16.8. The zero-order valence-electron chi connectivity index (χ0n) is 13.4. The third-order valence-electron chi connectivity index (χ3n) is 3.19. The number of amides is 2. The van der Waals surface area contributed by atoms with Crippen LogP contribution < -0.4 is 10.6 Å². The number of aromatic nitrogens is 3. The van der Waals surface area contributed by atoms with Gasteiger partial charge in [0.2, 0.25) is 5.82 Å². The van der Waals surface area contributed by atoms with Crippen LogP contribution in [0.1, 0.15) is 24.9 Å². The molecule has 0 aliphatic rings. The van der Waals surface area contributed by atoms with Crippen LogP contribution in [0, 0.1) is 0 Å². The van der Waals surface area contributed by atoms with Crippen molar-refractivity contribution in [2.24, 2.45) is 0 Å². The molecule has 0 radical (unpaired) electrons. The summed E-state index contributed by atoms with van der Waals surface area (Å²) in [4.78, 5) is 29.7. The average molecular weight is 373 g/mol. The minimum atomic E-state index is -4.73. The Hall–Kier alpha value is -3.18. The van der Waals surface area contributed by atoms with Gasteiger partial charge >= 0.3 is 24.1 Å². The molecular formula is C14H14F3N5O4. The number of carboxylic acid groups (broad SMARTS) is 1. The van der Waals surface area contributed by atoms with Gasteiger partial charge in [-0.2, -0.15) is 18.2 Å². The van der Waals surface area contributed by atoms with E-state index in [1.165, 1.54) is 18.3 Å². The molecule has 26 heavy (non-hydrogen) atoms. The molecule has 0 fully saturated rings. The summed E-state index contributed by atoms with van der Waals surface area (Å²) < 4.78 is 41.4. The number of urea groups is 1. The normalized spacial score (nSPS) is 12.5. The van der Waals surface area contributed by atoms with Crippen molar-refractivity contribution in [2.75, 3.05) is 0 Å². The smallest absolute Gasteiger partial charge is 0.471 e. The van der Waals surface area contributed by atoms with Crippen LogP contribution >= 0.6 is 0 Å². The second kappa shape index (κ2) is 7.80. The molecule has 1 atom stereocenters. The van der Waals surface area contributed by atoms with Gasteiger partial charge in [0.25, 0.3) is 0 Å². The van der Waals surface area contributed by atoms with Gasteiger partial charge in [0.15, 0.2) is 0 Å². The molecular weight excluding hydrogens is 359 g/mol. The summed E-state index contributed by atoms with van der Waals surface area (Å²) in [5.74, 6) is -2.88. The summed E-state index contributed by atoms with van der Waals surface area (Å²) in [6.45, 7) is 1.60. The Kier molecular flexibility index (Phi) is 5.75. The van der Waals surface area contributed by atoms with Gasteiger partial charge in [-0.1, -0.05) is 12.1 Å². The highest BCUT2D eigenvalue weighted by atomic mass is 19.4. The first-order valence-corrected chi connectivity index (χ1v) is 7.34. The molecule has 0 saturated carbocycles. The summed E-state index contributed by atoms with van der Waals surface area (Å²) >= 11 is 0. The topological polar surface area (TPSA) is 130 Å². The molecule has 1 unspecified atom stereocenters. The monoisotopic (exact) mass is 373 g/mol. The van der Waals surface area contributed by atoms with Gasteiger partial charge in [0.05, 0.1) is 12.2 Å². The Labute approximate surface area is 144 Å². The van der Waals surface area contributed by atoms with Crippen LogP contribution in [0.2, 0.25) is 0 Å². The Morgan fingerprint density at radius 2 is 2.08 bits per heavy atom. The lowest BCUT2D eigenvalue weighted by Crippen LogP contribution is -2.45. The molecule has 2 aromatic heterocycles. The van der Waals surface area contributed by atoms with Gasteiger partial charge in [-0.05, 0) is 18.6 Å². The maximum absolute atomic E-state index is 12.4. The maximum atomic E-state index is 12.4. The van der Waals surface area contributed by atoms with E-state index in [1.54, 1.807) is 6.92 Å². The number of nitrogens with zero attached hydrogens (tertiary/aromatic N) is 3. The highest BCUT2D eigenvalue weighted by Crippen LogP contribution is 2.29. The van der Waals surface area contributed by atoms with Crippen LogP contribution in [0.5, 0.6) is 0 Å². The molecule has 2 aromatic rings. The number of carbonyl (C=O) groups excluding carboxylic acids is 1. The quantitative estimate of drug-likeness (QED) is 0.704. The van der Waals surface area contributed by atoms with E-state index in [1.807, 2.05) is 0 Å². The minimum Gasteiger partial charge on any atom is -0.480 e. The van der Waals surface area contributed by atoms with Crippen molar-refractivity contribution in [1.29, 1.82) is 0 Å². The van der Waals surface area contributed by atoms with Crippen molar-refractivity contribution >= 4 is 12.0 Å². The highest BCUT2D eigenvalue weighted by Gasteiger charge is 2.38. The van der Waals surface area contributed by atoms with Gasteiger partial charge in [-0.25, -0.2) is 9.59 Å². The number of rotatable bonds is 6. The Balaban J connectivity index is 1.94. The van der Waals surface area contributed by atoms with Gasteiger partial charge in [-0.3, -0.25) is 4.98 Å². The molecule has 140 valence electrons. The summed E-state index contributed by atoms with van der Waals surface area (Å²) in [6.07, 6.45) is -3.28. The van der Waals surface area contributed by atoms with Gasteiger partial charge < -0.3 is 20.3 Å². The second-order valence-corrected chi connectivity index (χ2v) is 5.09. The molecule has 0 aliphatic carbocycles. The number of hydrogen-bond acceptors (Lipinski definition) is 6. The van der Waals surface area contributed by atoms with Crippen LogP contribution in [-0.2, 0) is 17.5 Å². The molecule has 0 aliphatic heterocycles. The predicted octanol–water partition coefficient (Wildman–Crippen LogP) is 1.81. The Bertz CT molecular complexity index is 776. The van der Waals surface area contributed by atoms with E-state index in [9.17, 15) is 22.8 Å². The van der Waals surface area contributed by atoms with Gasteiger partial charge in [0.1, 0.15) is 6.04 Å². The van der Waals surface area contributed by atoms with E-state index in [0.717, 1.165) is 0 Å². The van der Waals surface area contributed by atoms with Crippen molar-refractivity contribution in [3.63, 3.8) is 0 Å². The summed E-state index contributed by atoms with van der Waals surface area (Å²) in [5.41, 5.74) is 0.598. The Morgan fingerprint density at radius 3 is 2.58 bits per heavy atom. The number of halogens is 3. The number of aliphatic carboxylic acids is 1. The van der Waals surface area contributed by atoms with Crippen LogP contribution in [-0.4, -0.2) is 38.3 Å². The number of alkyl halides is 3. The molecule has 2 rings (SSSR count). The van der Waals surface area contributed by atoms with Crippen LogP contribution in [0.25, 0.3) is 11.4 Å². The molecule has 0 spiro atoms. The number of carbonyl (C=O) groups is 2. The van der Waals surface area contributed by atoms with E-state index in [2.05, 4.69) is 30.3 Å². The molecule has 2 heterocycles. The third-order valence-corrected chi connectivity index (χ3v) is 3.19. The first kappa shape index (κ1) is 19.1. The van der Waals surface area contributed by atoms with E-state index in [0.29, 0.717) is 5.69 Å². The molecule has 12 heteroatoms. The maximum Gasteiger partial charge on any atom is 0.471 e. The van der Waals surface area contributed by atoms with Crippen molar-refractivity contribution in [1.82, 2.24) is 25.8 Å². The first-order valence-electron chi connectivity index (χ1n) is 7.34. The molecule has 3 N–H and O–H groups in total. The van der Waals surface area contributed by atoms with Gasteiger partial charge in [0, 0.05) is 11.8 Å². The Morgan fingerprint density at radius 1 is 1.35 bits per heavy atom. The second-order valence-electron chi connectivity index (χ2n) is 5.09. The van der Waals surface area contributed by atoms with Crippen LogP contribution in [0.15, 0.2) is 22.9 Å². The van der Waals surface area contributed by atoms with Crippen molar-refractivity contribution in [3.8, 4) is 11.4 Å². The standard InChI is InChI=1S/C14H14F3N5O4/c1-2-9(11(23)24)20-13(25)19-6-8-4-3-7(5-18-8)10-21-12(26-22-10)14(15,16)17/h3-5,9H,2,6H2,1H3,(H,23,24)(H2,19,20,25). The fraction of sp³-hybridized carbons (Fsp3) is 0.357. The van der Waals surface area contributed by atoms with E-state index in [4.69, 9.17) is 5.11 Å². The molecule has 0 aromatic carbocycles. The number of carboxylic acids is 1. The minimum absolute atomic E-state index is 0.0117. The summed E-state index contributed by atoms with van der Waals surface area (Å²) in [6, 6.07) is 1.18. The van der Waals surface area contributed by atoms with Gasteiger partial charge in [-0.15, -0.1) is 0 Å². The van der Waals surface area contributed by atoms with E-state index < -0.39 is 30.1 Å². The molecule has 9 nitrogen and oxygen atoms in total. The lowest BCUT2D eigenvalue weighted by Gasteiger charge is -2.12. The number of pyridine rings is 1. The van der Waals surface area contributed by atoms with Crippen molar-refractivity contribution < 1.29 is 32.4 Å². The first-order chi connectivity index (χ1) is 12.2. The summed E-state index contributed by atoms with van der Waals surface area (Å²) in [7, 11) is 0. The van der Waals surface area contributed by atoms with E-state index in [-0.39, 0.29) is 24.4 Å². The SMILES string of the molecule is CCC(NC(=O)NCc1ccc(-c2noc(C(F)(F)F)n2)cn1)C(=O)O. The predicted molar refractivity (Wildman–Crippen MR) is 79.6 cm³/mol. The zero-order chi connectivity index (χ0) is 19.3.